The second kappa shape index (κ2) is 9.13. The highest BCUT2D eigenvalue weighted by Crippen LogP contribution is 2.28. The lowest BCUT2D eigenvalue weighted by molar-refractivity contribution is 0.238. The number of aromatic nitrogens is 2. The Morgan fingerprint density at radius 1 is 0.967 bits per heavy atom. The second-order valence-electron chi connectivity index (χ2n) is 7.82. The molecule has 2 heterocycles. The molecular formula is C24H29N5O. The smallest absolute Gasteiger partial charge is 0.229 e. The van der Waals surface area contributed by atoms with Crippen molar-refractivity contribution in [2.24, 2.45) is 0 Å². The van der Waals surface area contributed by atoms with Crippen molar-refractivity contribution in [3.05, 3.63) is 59.7 Å². The number of rotatable bonds is 7. The molecule has 1 aliphatic rings. The van der Waals surface area contributed by atoms with E-state index < -0.39 is 0 Å². The fraction of sp³-hybridized carbons (Fsp3) is 0.333. The van der Waals surface area contributed by atoms with Crippen LogP contribution in [0.15, 0.2) is 48.5 Å². The van der Waals surface area contributed by atoms with Gasteiger partial charge in [-0.25, -0.2) is 4.98 Å². The molecule has 4 rings (SSSR count). The predicted octanol–water partition coefficient (Wildman–Crippen LogP) is 4.56. The average molecular weight is 404 g/mol. The van der Waals surface area contributed by atoms with E-state index in [-0.39, 0.29) is 0 Å². The van der Waals surface area contributed by atoms with Gasteiger partial charge in [0.2, 0.25) is 5.95 Å². The summed E-state index contributed by atoms with van der Waals surface area (Å²) in [4.78, 5) is 11.6. The first-order chi connectivity index (χ1) is 14.6. The van der Waals surface area contributed by atoms with Crippen molar-refractivity contribution in [2.45, 2.75) is 26.7 Å². The van der Waals surface area contributed by atoms with Gasteiger partial charge in [-0.3, -0.25) is 4.90 Å². The summed E-state index contributed by atoms with van der Waals surface area (Å²) < 4.78 is 5.91. The summed E-state index contributed by atoms with van der Waals surface area (Å²) in [7, 11) is 0. The molecule has 1 aliphatic heterocycles. The molecule has 0 bridgehead atoms. The molecule has 0 unspecified atom stereocenters. The van der Waals surface area contributed by atoms with Crippen LogP contribution in [-0.4, -0.2) is 41.1 Å². The quantitative estimate of drug-likeness (QED) is 0.602. The van der Waals surface area contributed by atoms with Crippen LogP contribution >= 0.6 is 0 Å². The standard InChI is InChI=1S/C24H29N5O/c1-17-5-9-20(10-6-17)26-24-27-22(18(2)23(25)28-24)19-7-11-21(12-8-19)30-16-15-29-13-3-4-14-29/h5-12H,3-4,13-16H2,1-2H3,(H3,25,26,27,28). The number of nitrogen functional groups attached to an aromatic ring is 1. The Morgan fingerprint density at radius 2 is 1.67 bits per heavy atom. The van der Waals surface area contributed by atoms with Gasteiger partial charge in [0.25, 0.3) is 0 Å². The molecule has 0 aliphatic carbocycles. The summed E-state index contributed by atoms with van der Waals surface area (Å²) in [6, 6.07) is 16.1. The normalized spacial score (nSPS) is 14.1. The van der Waals surface area contributed by atoms with Crippen LogP contribution in [0.3, 0.4) is 0 Å². The lowest BCUT2D eigenvalue weighted by Gasteiger charge is -2.15. The van der Waals surface area contributed by atoms with Crippen molar-refractivity contribution in [1.29, 1.82) is 0 Å². The molecule has 0 radical (unpaired) electrons. The topological polar surface area (TPSA) is 76.3 Å². The van der Waals surface area contributed by atoms with E-state index in [9.17, 15) is 0 Å². The average Bonchev–Trinajstić information content (AvgIpc) is 3.26. The highest BCUT2D eigenvalue weighted by Gasteiger charge is 2.13. The van der Waals surface area contributed by atoms with Gasteiger partial charge in [0.05, 0.1) is 5.69 Å². The number of hydrogen-bond acceptors (Lipinski definition) is 6. The van der Waals surface area contributed by atoms with Gasteiger partial charge >= 0.3 is 0 Å². The monoisotopic (exact) mass is 403 g/mol. The molecule has 1 saturated heterocycles. The SMILES string of the molecule is Cc1ccc(Nc2nc(N)c(C)c(-c3ccc(OCCN4CCCC4)cc3)n2)cc1. The molecule has 2 aromatic carbocycles. The Balaban J connectivity index is 1.46. The number of ether oxygens (including phenoxy) is 1. The van der Waals surface area contributed by atoms with Gasteiger partial charge in [0.1, 0.15) is 18.2 Å². The molecule has 0 spiro atoms. The summed E-state index contributed by atoms with van der Waals surface area (Å²) >= 11 is 0. The van der Waals surface area contributed by atoms with E-state index in [1.54, 1.807) is 0 Å². The van der Waals surface area contributed by atoms with Gasteiger partial charge in [-0.1, -0.05) is 17.7 Å². The van der Waals surface area contributed by atoms with Crippen molar-refractivity contribution in [2.75, 3.05) is 37.3 Å². The van der Waals surface area contributed by atoms with E-state index in [0.717, 1.165) is 34.8 Å². The van der Waals surface area contributed by atoms with Crippen LogP contribution in [0.25, 0.3) is 11.3 Å². The van der Waals surface area contributed by atoms with Crippen LogP contribution in [0.5, 0.6) is 5.75 Å². The first-order valence-electron chi connectivity index (χ1n) is 10.5. The molecule has 0 atom stereocenters. The minimum Gasteiger partial charge on any atom is -0.492 e. The fourth-order valence-corrected chi connectivity index (χ4v) is 3.64. The summed E-state index contributed by atoms with van der Waals surface area (Å²) in [6.07, 6.45) is 2.60. The predicted molar refractivity (Wildman–Crippen MR) is 122 cm³/mol. The van der Waals surface area contributed by atoms with Gasteiger partial charge in [-0.2, -0.15) is 4.98 Å². The van der Waals surface area contributed by atoms with Crippen molar-refractivity contribution in [3.63, 3.8) is 0 Å². The Morgan fingerprint density at radius 3 is 2.37 bits per heavy atom. The summed E-state index contributed by atoms with van der Waals surface area (Å²) in [5, 5.41) is 3.24. The van der Waals surface area contributed by atoms with Crippen molar-refractivity contribution >= 4 is 17.5 Å². The van der Waals surface area contributed by atoms with Gasteiger partial charge in [0.15, 0.2) is 0 Å². The Bertz CT molecular complexity index is 980. The fourth-order valence-electron chi connectivity index (χ4n) is 3.64. The molecule has 30 heavy (non-hydrogen) atoms. The second-order valence-corrected chi connectivity index (χ2v) is 7.82. The van der Waals surface area contributed by atoms with E-state index >= 15 is 0 Å². The Labute approximate surface area is 178 Å². The number of likely N-dealkylation sites (tertiary alicyclic amines) is 1. The molecule has 1 fully saturated rings. The maximum atomic E-state index is 6.17. The molecule has 0 amide bonds. The molecule has 6 nitrogen and oxygen atoms in total. The lowest BCUT2D eigenvalue weighted by Crippen LogP contribution is -2.25. The zero-order chi connectivity index (χ0) is 20.9. The first kappa shape index (κ1) is 20.2. The maximum absolute atomic E-state index is 6.17. The van der Waals surface area contributed by atoms with Crippen molar-refractivity contribution in [1.82, 2.24) is 14.9 Å². The minimum absolute atomic E-state index is 0.473. The molecule has 0 saturated carbocycles. The highest BCUT2D eigenvalue weighted by atomic mass is 16.5. The summed E-state index contributed by atoms with van der Waals surface area (Å²) in [5.41, 5.74) is 11.0. The lowest BCUT2D eigenvalue weighted by atomic mass is 10.1. The Hall–Kier alpha value is -3.12. The van der Waals surface area contributed by atoms with E-state index in [1.165, 1.54) is 31.5 Å². The minimum atomic E-state index is 0.473. The zero-order valence-electron chi connectivity index (χ0n) is 17.7. The molecule has 3 aromatic rings. The maximum Gasteiger partial charge on any atom is 0.229 e. The van der Waals surface area contributed by atoms with E-state index in [0.29, 0.717) is 18.4 Å². The van der Waals surface area contributed by atoms with Gasteiger partial charge in [-0.05, 0) is 76.2 Å². The van der Waals surface area contributed by atoms with Crippen LogP contribution in [0.2, 0.25) is 0 Å². The Kier molecular flexibility index (Phi) is 6.14. The summed E-state index contributed by atoms with van der Waals surface area (Å²) in [6.45, 7) is 8.08. The number of nitrogens with one attached hydrogen (secondary N) is 1. The number of nitrogens with zero attached hydrogens (tertiary/aromatic N) is 3. The van der Waals surface area contributed by atoms with Gasteiger partial charge in [-0.15, -0.1) is 0 Å². The van der Waals surface area contributed by atoms with Crippen LogP contribution in [0.1, 0.15) is 24.0 Å². The third kappa shape index (κ3) is 4.89. The summed E-state index contributed by atoms with van der Waals surface area (Å²) in [5.74, 6) is 1.83. The first-order valence-corrected chi connectivity index (χ1v) is 10.5. The van der Waals surface area contributed by atoms with Crippen molar-refractivity contribution < 1.29 is 4.74 Å². The molecule has 6 heteroatoms. The van der Waals surface area contributed by atoms with E-state index in [4.69, 9.17) is 15.5 Å². The van der Waals surface area contributed by atoms with Gasteiger partial charge in [0, 0.05) is 23.4 Å². The highest BCUT2D eigenvalue weighted by molar-refractivity contribution is 5.70. The largest absolute Gasteiger partial charge is 0.492 e. The van der Waals surface area contributed by atoms with Crippen LogP contribution < -0.4 is 15.8 Å². The van der Waals surface area contributed by atoms with E-state index in [1.807, 2.05) is 55.5 Å². The number of anilines is 3. The number of benzene rings is 2. The van der Waals surface area contributed by atoms with Gasteiger partial charge < -0.3 is 15.8 Å². The molecule has 3 N–H and O–H groups in total. The molecule has 156 valence electrons. The number of aryl methyl sites for hydroxylation is 1. The number of nitrogens with two attached hydrogens (primary N) is 1. The van der Waals surface area contributed by atoms with Crippen molar-refractivity contribution in [3.8, 4) is 17.0 Å². The van der Waals surface area contributed by atoms with Crippen LogP contribution in [0.4, 0.5) is 17.5 Å². The molecular weight excluding hydrogens is 374 g/mol. The zero-order valence-corrected chi connectivity index (χ0v) is 17.7. The number of hydrogen-bond donors (Lipinski definition) is 2. The molecule has 1 aromatic heterocycles. The third-order valence-corrected chi connectivity index (χ3v) is 5.49. The van der Waals surface area contributed by atoms with Crippen LogP contribution in [-0.2, 0) is 0 Å². The third-order valence-electron chi connectivity index (χ3n) is 5.49. The van der Waals surface area contributed by atoms with Crippen LogP contribution in [0, 0.1) is 13.8 Å². The van der Waals surface area contributed by atoms with E-state index in [2.05, 4.69) is 22.1 Å².